The number of nitrogens with zero attached hydrogens (tertiary/aromatic N) is 2. The fourth-order valence-corrected chi connectivity index (χ4v) is 3.71. The zero-order valence-corrected chi connectivity index (χ0v) is 16.7. The van der Waals surface area contributed by atoms with E-state index in [1.54, 1.807) is 6.20 Å². The topological polar surface area (TPSA) is 54.5 Å². The number of carbonyl (C=O) groups is 1. The highest BCUT2D eigenvalue weighted by molar-refractivity contribution is 6.30. The second-order valence-corrected chi connectivity index (χ2v) is 7.44. The minimum Gasteiger partial charge on any atom is -0.378 e. The second-order valence-electron chi connectivity index (χ2n) is 7.01. The van der Waals surface area contributed by atoms with Gasteiger partial charge in [0, 0.05) is 40.8 Å². The maximum atomic E-state index is 13.1. The summed E-state index contributed by atoms with van der Waals surface area (Å²) in [6.07, 6.45) is 1.68. The molecule has 1 amide bonds. The Kier molecular flexibility index (Phi) is 5.20. The number of hydrogen-bond acceptors (Lipinski definition) is 4. The molecule has 6 heteroatoms. The monoisotopic (exact) mass is 395 g/mol. The summed E-state index contributed by atoms with van der Waals surface area (Å²) in [4.78, 5) is 19.6. The van der Waals surface area contributed by atoms with E-state index in [0.717, 1.165) is 27.6 Å². The molecule has 28 heavy (non-hydrogen) atoms. The first kappa shape index (κ1) is 18.7. The minimum atomic E-state index is 0.000543. The molecule has 2 heterocycles. The zero-order valence-electron chi connectivity index (χ0n) is 16.0. The molecule has 1 saturated heterocycles. The van der Waals surface area contributed by atoms with Gasteiger partial charge in [0.15, 0.2) is 0 Å². The third-order valence-electron chi connectivity index (χ3n) is 5.10. The first-order valence-electron chi connectivity index (χ1n) is 9.33. The van der Waals surface area contributed by atoms with Gasteiger partial charge in [-0.05, 0) is 37.1 Å². The Morgan fingerprint density at radius 1 is 1.14 bits per heavy atom. The molecule has 0 atom stereocenters. The van der Waals surface area contributed by atoms with E-state index in [0.29, 0.717) is 42.7 Å². The SMILES string of the molecule is Cc1ccc(Cl)cc1Nc1ncc(C(=O)N2CCOCC2)c2c(C)cccc12. The molecule has 0 bridgehead atoms. The van der Waals surface area contributed by atoms with Crippen molar-refractivity contribution in [2.45, 2.75) is 13.8 Å². The summed E-state index contributed by atoms with van der Waals surface area (Å²) in [6.45, 7) is 6.39. The van der Waals surface area contributed by atoms with E-state index in [2.05, 4.69) is 10.3 Å². The van der Waals surface area contributed by atoms with Crippen LogP contribution in [-0.4, -0.2) is 42.1 Å². The highest BCUT2D eigenvalue weighted by Crippen LogP contribution is 2.32. The summed E-state index contributed by atoms with van der Waals surface area (Å²) in [5, 5.41) is 5.89. The Bertz CT molecular complexity index is 1050. The van der Waals surface area contributed by atoms with Crippen LogP contribution < -0.4 is 5.32 Å². The minimum absolute atomic E-state index is 0.000543. The molecule has 1 fully saturated rings. The Labute approximate surface area is 169 Å². The molecule has 0 radical (unpaired) electrons. The summed E-state index contributed by atoms with van der Waals surface area (Å²) in [5.74, 6) is 0.711. The Hall–Kier alpha value is -2.63. The predicted octanol–water partition coefficient (Wildman–Crippen LogP) is 4.72. The second kappa shape index (κ2) is 7.78. The van der Waals surface area contributed by atoms with Crippen LogP contribution in [0.25, 0.3) is 10.8 Å². The van der Waals surface area contributed by atoms with Crippen molar-refractivity contribution in [2.75, 3.05) is 31.6 Å². The van der Waals surface area contributed by atoms with Crippen LogP contribution in [-0.2, 0) is 4.74 Å². The first-order valence-corrected chi connectivity index (χ1v) is 9.71. The van der Waals surface area contributed by atoms with Crippen LogP contribution in [0.5, 0.6) is 0 Å². The van der Waals surface area contributed by atoms with Crippen molar-refractivity contribution in [1.82, 2.24) is 9.88 Å². The summed E-state index contributed by atoms with van der Waals surface area (Å²) in [6, 6.07) is 11.7. The molecule has 0 unspecified atom stereocenters. The number of aryl methyl sites for hydroxylation is 2. The van der Waals surface area contributed by atoms with Gasteiger partial charge in [-0.2, -0.15) is 0 Å². The molecule has 4 rings (SSSR count). The maximum absolute atomic E-state index is 13.1. The van der Waals surface area contributed by atoms with Crippen molar-refractivity contribution in [2.24, 2.45) is 0 Å². The standard InChI is InChI=1S/C22H22ClN3O2/c1-14-6-7-16(23)12-19(14)25-21-17-5-3-4-15(2)20(17)18(13-24-21)22(27)26-8-10-28-11-9-26/h3-7,12-13H,8-11H2,1-2H3,(H,24,25). The van der Waals surface area contributed by atoms with Crippen LogP contribution >= 0.6 is 11.6 Å². The number of carbonyl (C=O) groups excluding carboxylic acids is 1. The quantitative estimate of drug-likeness (QED) is 0.697. The maximum Gasteiger partial charge on any atom is 0.256 e. The van der Waals surface area contributed by atoms with E-state index in [1.807, 2.05) is 55.1 Å². The van der Waals surface area contributed by atoms with Crippen LogP contribution in [0.4, 0.5) is 11.5 Å². The average molecular weight is 396 g/mol. The number of nitrogens with one attached hydrogen (secondary N) is 1. The average Bonchev–Trinajstić information content (AvgIpc) is 2.71. The number of aromatic nitrogens is 1. The lowest BCUT2D eigenvalue weighted by Crippen LogP contribution is -2.40. The number of amides is 1. The van der Waals surface area contributed by atoms with Gasteiger partial charge >= 0.3 is 0 Å². The summed E-state index contributed by atoms with van der Waals surface area (Å²) in [7, 11) is 0. The van der Waals surface area contributed by atoms with E-state index < -0.39 is 0 Å². The number of morpholine rings is 1. The van der Waals surface area contributed by atoms with Crippen LogP contribution in [0.1, 0.15) is 21.5 Å². The molecule has 0 saturated carbocycles. The Morgan fingerprint density at radius 2 is 1.93 bits per heavy atom. The van der Waals surface area contributed by atoms with Gasteiger partial charge in [-0.3, -0.25) is 4.79 Å². The van der Waals surface area contributed by atoms with Crippen molar-refractivity contribution in [1.29, 1.82) is 0 Å². The third kappa shape index (κ3) is 3.55. The molecule has 0 spiro atoms. The number of halogens is 1. The van der Waals surface area contributed by atoms with Crippen molar-refractivity contribution >= 4 is 39.8 Å². The molecule has 144 valence electrons. The lowest BCUT2D eigenvalue weighted by Gasteiger charge is -2.27. The van der Waals surface area contributed by atoms with Crippen molar-refractivity contribution in [3.05, 3.63) is 64.3 Å². The number of anilines is 2. The van der Waals surface area contributed by atoms with Gasteiger partial charge in [0.05, 0.1) is 18.8 Å². The Morgan fingerprint density at radius 3 is 2.71 bits per heavy atom. The molecule has 1 aliphatic rings. The van der Waals surface area contributed by atoms with Gasteiger partial charge < -0.3 is 15.0 Å². The number of pyridine rings is 1. The predicted molar refractivity (Wildman–Crippen MR) is 113 cm³/mol. The molecular formula is C22H22ClN3O2. The van der Waals surface area contributed by atoms with Gasteiger partial charge in [-0.25, -0.2) is 4.98 Å². The van der Waals surface area contributed by atoms with Gasteiger partial charge in [0.25, 0.3) is 5.91 Å². The number of ether oxygens (including phenoxy) is 1. The first-order chi connectivity index (χ1) is 13.5. The summed E-state index contributed by atoms with van der Waals surface area (Å²) >= 11 is 6.16. The highest BCUT2D eigenvalue weighted by atomic mass is 35.5. The van der Waals surface area contributed by atoms with Crippen molar-refractivity contribution in [3.8, 4) is 0 Å². The lowest BCUT2D eigenvalue weighted by molar-refractivity contribution is 0.0304. The van der Waals surface area contributed by atoms with Gasteiger partial charge in [0.1, 0.15) is 5.82 Å². The fourth-order valence-electron chi connectivity index (χ4n) is 3.54. The lowest BCUT2D eigenvalue weighted by atomic mass is 10.0. The van der Waals surface area contributed by atoms with Gasteiger partial charge in [0.2, 0.25) is 0 Å². The molecule has 2 aromatic carbocycles. The van der Waals surface area contributed by atoms with E-state index in [4.69, 9.17) is 16.3 Å². The molecule has 1 N–H and O–H groups in total. The summed E-state index contributed by atoms with van der Waals surface area (Å²) < 4.78 is 5.37. The van der Waals surface area contributed by atoms with E-state index in [1.165, 1.54) is 0 Å². The largest absolute Gasteiger partial charge is 0.378 e. The molecule has 3 aromatic rings. The van der Waals surface area contributed by atoms with Crippen molar-refractivity contribution < 1.29 is 9.53 Å². The van der Waals surface area contributed by atoms with Crippen LogP contribution in [0, 0.1) is 13.8 Å². The van der Waals surface area contributed by atoms with Crippen LogP contribution in [0.15, 0.2) is 42.6 Å². The summed E-state index contributed by atoms with van der Waals surface area (Å²) in [5.41, 5.74) is 3.64. The van der Waals surface area contributed by atoms with E-state index >= 15 is 0 Å². The molecule has 5 nitrogen and oxygen atoms in total. The third-order valence-corrected chi connectivity index (χ3v) is 5.34. The smallest absolute Gasteiger partial charge is 0.256 e. The molecule has 1 aliphatic heterocycles. The number of hydrogen-bond donors (Lipinski definition) is 1. The molecular weight excluding hydrogens is 374 g/mol. The van der Waals surface area contributed by atoms with E-state index in [9.17, 15) is 4.79 Å². The Balaban J connectivity index is 1.79. The zero-order chi connectivity index (χ0) is 19.7. The highest BCUT2D eigenvalue weighted by Gasteiger charge is 2.22. The van der Waals surface area contributed by atoms with Crippen LogP contribution in [0.2, 0.25) is 5.02 Å². The fraction of sp³-hybridized carbons (Fsp3) is 0.273. The molecule has 0 aliphatic carbocycles. The van der Waals surface area contributed by atoms with Crippen LogP contribution in [0.3, 0.4) is 0 Å². The van der Waals surface area contributed by atoms with Gasteiger partial charge in [-0.1, -0.05) is 35.9 Å². The molecule has 1 aromatic heterocycles. The van der Waals surface area contributed by atoms with Gasteiger partial charge in [-0.15, -0.1) is 0 Å². The number of benzene rings is 2. The number of rotatable bonds is 3. The van der Waals surface area contributed by atoms with Crippen molar-refractivity contribution in [3.63, 3.8) is 0 Å². The normalized spacial score (nSPS) is 14.3. The number of fused-ring (bicyclic) bond motifs is 1. The van der Waals surface area contributed by atoms with E-state index in [-0.39, 0.29) is 5.91 Å².